The molecule has 1 unspecified atom stereocenters. The molecule has 11 heavy (non-hydrogen) atoms. The van der Waals surface area contributed by atoms with Gasteiger partial charge in [-0.05, 0) is 19.4 Å². The summed E-state index contributed by atoms with van der Waals surface area (Å²) in [5.41, 5.74) is 0.684. The van der Waals surface area contributed by atoms with Crippen molar-refractivity contribution in [2.24, 2.45) is 0 Å². The summed E-state index contributed by atoms with van der Waals surface area (Å²) in [6.45, 7) is 5.88. The molecule has 0 aliphatic rings. The predicted molar refractivity (Wildman–Crippen MR) is 46.2 cm³/mol. The molecule has 1 heteroatoms. The SMILES string of the molecule is [CH2]C(C)(OC)c1ccccc1. The van der Waals surface area contributed by atoms with Gasteiger partial charge >= 0.3 is 0 Å². The summed E-state index contributed by atoms with van der Waals surface area (Å²) in [4.78, 5) is 0. The molecule has 1 atom stereocenters. The predicted octanol–water partition coefficient (Wildman–Crippen LogP) is 2.38. The average molecular weight is 149 g/mol. The maximum absolute atomic E-state index is 5.21. The van der Waals surface area contributed by atoms with Crippen LogP contribution in [-0.4, -0.2) is 7.11 Å². The Bertz CT molecular complexity index is 214. The maximum atomic E-state index is 5.21. The molecule has 0 bridgehead atoms. The van der Waals surface area contributed by atoms with E-state index >= 15 is 0 Å². The van der Waals surface area contributed by atoms with Crippen molar-refractivity contribution < 1.29 is 4.74 Å². The summed E-state index contributed by atoms with van der Waals surface area (Å²) < 4.78 is 5.21. The van der Waals surface area contributed by atoms with Gasteiger partial charge in [-0.2, -0.15) is 0 Å². The smallest absolute Gasteiger partial charge is 0.0900 e. The summed E-state index contributed by atoms with van der Waals surface area (Å²) >= 11 is 0. The molecule has 0 aliphatic carbocycles. The monoisotopic (exact) mass is 149 g/mol. The van der Waals surface area contributed by atoms with Crippen LogP contribution in [0.4, 0.5) is 0 Å². The van der Waals surface area contributed by atoms with E-state index in [0.717, 1.165) is 5.56 Å². The molecule has 0 saturated heterocycles. The molecule has 1 aromatic carbocycles. The standard InChI is InChI=1S/C10H13O/c1-10(2,11-3)9-7-5-4-6-8-9/h4-8H,1H2,2-3H3. The quantitative estimate of drug-likeness (QED) is 0.627. The van der Waals surface area contributed by atoms with E-state index in [2.05, 4.69) is 6.92 Å². The first-order valence-corrected chi connectivity index (χ1v) is 3.63. The van der Waals surface area contributed by atoms with Gasteiger partial charge in [0.2, 0.25) is 0 Å². The molecule has 1 nitrogen and oxygen atoms in total. The van der Waals surface area contributed by atoms with Gasteiger partial charge in [0.1, 0.15) is 0 Å². The van der Waals surface area contributed by atoms with E-state index in [1.165, 1.54) is 0 Å². The second-order valence-corrected chi connectivity index (χ2v) is 2.80. The van der Waals surface area contributed by atoms with Crippen molar-refractivity contribution in [3.63, 3.8) is 0 Å². The van der Waals surface area contributed by atoms with Gasteiger partial charge in [0.15, 0.2) is 0 Å². The van der Waals surface area contributed by atoms with Crippen LogP contribution < -0.4 is 0 Å². The normalized spacial score (nSPS) is 11.5. The molecule has 0 heterocycles. The average Bonchev–Trinajstić information content (AvgIpc) is 2.06. The number of methoxy groups -OCH3 is 1. The van der Waals surface area contributed by atoms with Crippen LogP contribution in [0.25, 0.3) is 0 Å². The number of hydrogen-bond acceptors (Lipinski definition) is 1. The van der Waals surface area contributed by atoms with E-state index in [1.807, 2.05) is 37.3 Å². The molecular formula is C10H13O. The lowest BCUT2D eigenvalue weighted by Crippen LogP contribution is -2.19. The molecular weight excluding hydrogens is 136 g/mol. The molecule has 0 spiro atoms. The first-order valence-electron chi connectivity index (χ1n) is 3.63. The minimum Gasteiger partial charge on any atom is -0.374 e. The highest BCUT2D eigenvalue weighted by Gasteiger charge is 2.18. The van der Waals surface area contributed by atoms with E-state index in [0.29, 0.717) is 0 Å². The molecule has 0 saturated carbocycles. The van der Waals surface area contributed by atoms with Gasteiger partial charge in [0.05, 0.1) is 5.60 Å². The van der Waals surface area contributed by atoms with Gasteiger partial charge in [0, 0.05) is 7.11 Å². The van der Waals surface area contributed by atoms with Crippen LogP contribution in [0.5, 0.6) is 0 Å². The lowest BCUT2D eigenvalue weighted by Gasteiger charge is -2.22. The second kappa shape index (κ2) is 3.05. The minimum absolute atomic E-state index is 0.415. The third kappa shape index (κ3) is 1.81. The number of hydrogen-bond donors (Lipinski definition) is 0. The highest BCUT2D eigenvalue weighted by atomic mass is 16.5. The van der Waals surface area contributed by atoms with Crippen molar-refractivity contribution in [2.75, 3.05) is 7.11 Å². The van der Waals surface area contributed by atoms with E-state index in [9.17, 15) is 0 Å². The van der Waals surface area contributed by atoms with Crippen molar-refractivity contribution in [2.45, 2.75) is 12.5 Å². The summed E-state index contributed by atoms with van der Waals surface area (Å²) in [7, 11) is 1.67. The third-order valence-electron chi connectivity index (χ3n) is 1.83. The zero-order valence-corrected chi connectivity index (χ0v) is 7.00. The van der Waals surface area contributed by atoms with Crippen molar-refractivity contribution in [1.82, 2.24) is 0 Å². The molecule has 0 fully saturated rings. The van der Waals surface area contributed by atoms with Crippen molar-refractivity contribution >= 4 is 0 Å². The van der Waals surface area contributed by atoms with Crippen LogP contribution in [0, 0.1) is 6.92 Å². The van der Waals surface area contributed by atoms with Crippen LogP contribution >= 0.6 is 0 Å². The van der Waals surface area contributed by atoms with Crippen LogP contribution in [-0.2, 0) is 10.3 Å². The fourth-order valence-corrected chi connectivity index (χ4v) is 0.909. The Morgan fingerprint density at radius 1 is 1.27 bits per heavy atom. The van der Waals surface area contributed by atoms with E-state index in [4.69, 9.17) is 4.74 Å². The van der Waals surface area contributed by atoms with Gasteiger partial charge in [0.25, 0.3) is 0 Å². The first-order chi connectivity index (χ1) is 5.17. The van der Waals surface area contributed by atoms with Crippen LogP contribution in [0.1, 0.15) is 12.5 Å². The van der Waals surface area contributed by atoms with Crippen LogP contribution in [0.3, 0.4) is 0 Å². The number of benzene rings is 1. The van der Waals surface area contributed by atoms with E-state index in [-0.39, 0.29) is 0 Å². The summed E-state index contributed by atoms with van der Waals surface area (Å²) in [6.07, 6.45) is 0. The third-order valence-corrected chi connectivity index (χ3v) is 1.83. The van der Waals surface area contributed by atoms with Gasteiger partial charge in [-0.1, -0.05) is 30.3 Å². The van der Waals surface area contributed by atoms with E-state index < -0.39 is 5.60 Å². The van der Waals surface area contributed by atoms with E-state index in [1.54, 1.807) is 7.11 Å². The van der Waals surface area contributed by atoms with Gasteiger partial charge in [-0.3, -0.25) is 0 Å². The lowest BCUT2D eigenvalue weighted by atomic mass is 9.98. The van der Waals surface area contributed by atoms with Crippen molar-refractivity contribution in [1.29, 1.82) is 0 Å². The molecule has 0 N–H and O–H groups in total. The molecule has 1 aromatic rings. The number of rotatable bonds is 2. The molecule has 0 aliphatic heterocycles. The van der Waals surface area contributed by atoms with Crippen molar-refractivity contribution in [3.05, 3.63) is 42.8 Å². The Balaban J connectivity index is 2.93. The molecule has 0 aromatic heterocycles. The topological polar surface area (TPSA) is 9.23 Å². The minimum atomic E-state index is -0.415. The highest BCUT2D eigenvalue weighted by Crippen LogP contribution is 2.21. The highest BCUT2D eigenvalue weighted by molar-refractivity contribution is 5.22. The van der Waals surface area contributed by atoms with Gasteiger partial charge < -0.3 is 4.74 Å². The largest absolute Gasteiger partial charge is 0.374 e. The summed E-state index contributed by atoms with van der Waals surface area (Å²) in [5.74, 6) is 0. The fourth-order valence-electron chi connectivity index (χ4n) is 0.909. The Hall–Kier alpha value is -0.820. The summed E-state index contributed by atoms with van der Waals surface area (Å²) in [6, 6.07) is 9.97. The van der Waals surface area contributed by atoms with Gasteiger partial charge in [-0.25, -0.2) is 0 Å². The van der Waals surface area contributed by atoms with Crippen molar-refractivity contribution in [3.8, 4) is 0 Å². The van der Waals surface area contributed by atoms with Crippen LogP contribution in [0.15, 0.2) is 30.3 Å². The summed E-state index contributed by atoms with van der Waals surface area (Å²) in [5, 5.41) is 0. The Labute approximate surface area is 68.0 Å². The van der Waals surface area contributed by atoms with Crippen LogP contribution in [0.2, 0.25) is 0 Å². The zero-order chi connectivity index (χ0) is 8.32. The fraction of sp³-hybridized carbons (Fsp3) is 0.300. The first kappa shape index (κ1) is 8.28. The Morgan fingerprint density at radius 2 is 1.82 bits per heavy atom. The second-order valence-electron chi connectivity index (χ2n) is 2.80. The molecule has 59 valence electrons. The van der Waals surface area contributed by atoms with Gasteiger partial charge in [-0.15, -0.1) is 0 Å². The molecule has 1 radical (unpaired) electrons. The Kier molecular flexibility index (Phi) is 2.30. The number of ether oxygens (including phenoxy) is 1. The maximum Gasteiger partial charge on any atom is 0.0900 e. The molecule has 1 rings (SSSR count). The molecule has 0 amide bonds. The Morgan fingerprint density at radius 3 is 2.27 bits per heavy atom. The lowest BCUT2D eigenvalue weighted by molar-refractivity contribution is 0.0435. The zero-order valence-electron chi connectivity index (χ0n) is 7.00.